The topological polar surface area (TPSA) is 3.24 Å². The third-order valence-corrected chi connectivity index (χ3v) is 1.68. The number of alkyl halides is 1. The van der Waals surface area contributed by atoms with Gasteiger partial charge in [0.25, 0.3) is 0 Å². The van der Waals surface area contributed by atoms with Crippen molar-refractivity contribution in [3.05, 3.63) is 35.4 Å². The Bertz CT molecular complexity index is 228. The summed E-state index contributed by atoms with van der Waals surface area (Å²) in [5.41, 5.74) is 1.97. The molecule has 1 nitrogen and oxygen atoms in total. The molecule has 1 aromatic carbocycles. The van der Waals surface area contributed by atoms with Crippen molar-refractivity contribution in [2.75, 3.05) is 14.1 Å². The second kappa shape index (κ2) is 4.21. The lowest BCUT2D eigenvalue weighted by Gasteiger charge is -2.09. The molecule has 0 saturated heterocycles. The van der Waals surface area contributed by atoms with Gasteiger partial charge >= 0.3 is 0 Å². The molecular weight excluding hydrogens is 153 g/mol. The van der Waals surface area contributed by atoms with Gasteiger partial charge in [-0.05, 0) is 25.2 Å². The standard InChI is InChI=1S/C10H14FN/c1-12(2)8-10-5-3-9(7-11)4-6-10/h3-6H,7-8H2,1-2H3. The highest BCUT2D eigenvalue weighted by atomic mass is 19.1. The van der Waals surface area contributed by atoms with E-state index in [4.69, 9.17) is 0 Å². The van der Waals surface area contributed by atoms with E-state index in [0.717, 1.165) is 12.1 Å². The van der Waals surface area contributed by atoms with E-state index in [0.29, 0.717) is 0 Å². The zero-order chi connectivity index (χ0) is 8.97. The summed E-state index contributed by atoms with van der Waals surface area (Å²) < 4.78 is 12.1. The average molecular weight is 167 g/mol. The Morgan fingerprint density at radius 2 is 1.58 bits per heavy atom. The fraction of sp³-hybridized carbons (Fsp3) is 0.400. The molecule has 0 amide bonds. The summed E-state index contributed by atoms with van der Waals surface area (Å²) in [6.07, 6.45) is 0. The summed E-state index contributed by atoms with van der Waals surface area (Å²) in [4.78, 5) is 2.09. The van der Waals surface area contributed by atoms with Gasteiger partial charge in [-0.25, -0.2) is 4.39 Å². The van der Waals surface area contributed by atoms with Crippen molar-refractivity contribution in [3.63, 3.8) is 0 Å². The normalized spacial score (nSPS) is 10.7. The summed E-state index contributed by atoms with van der Waals surface area (Å²) in [7, 11) is 4.03. The van der Waals surface area contributed by atoms with Crippen molar-refractivity contribution in [3.8, 4) is 0 Å². The maximum absolute atomic E-state index is 12.1. The van der Waals surface area contributed by atoms with E-state index >= 15 is 0 Å². The molecule has 0 aliphatic rings. The van der Waals surface area contributed by atoms with E-state index < -0.39 is 0 Å². The fourth-order valence-corrected chi connectivity index (χ4v) is 1.10. The first-order valence-electron chi connectivity index (χ1n) is 4.01. The summed E-state index contributed by atoms with van der Waals surface area (Å²) in [6, 6.07) is 7.60. The van der Waals surface area contributed by atoms with Gasteiger partial charge < -0.3 is 4.90 Å². The molecule has 0 atom stereocenters. The molecule has 0 heterocycles. The van der Waals surface area contributed by atoms with Gasteiger partial charge in [0.2, 0.25) is 0 Å². The molecule has 0 radical (unpaired) electrons. The SMILES string of the molecule is CN(C)Cc1ccc(CF)cc1. The highest BCUT2D eigenvalue weighted by Gasteiger charge is 1.95. The second-order valence-electron chi connectivity index (χ2n) is 3.19. The molecule has 0 fully saturated rings. The minimum Gasteiger partial charge on any atom is -0.305 e. The van der Waals surface area contributed by atoms with Crippen molar-refractivity contribution >= 4 is 0 Å². The molecule has 0 aliphatic carbocycles. The number of hydrogen-bond donors (Lipinski definition) is 0. The van der Waals surface area contributed by atoms with Gasteiger partial charge in [-0.3, -0.25) is 0 Å². The quantitative estimate of drug-likeness (QED) is 0.667. The summed E-state index contributed by atoms with van der Waals surface area (Å²) in [6.45, 7) is 0.537. The van der Waals surface area contributed by atoms with Crippen molar-refractivity contribution in [1.29, 1.82) is 0 Å². The Kier molecular flexibility index (Phi) is 3.23. The molecule has 0 unspecified atom stereocenters. The van der Waals surface area contributed by atoms with Gasteiger partial charge in [-0.15, -0.1) is 0 Å². The van der Waals surface area contributed by atoms with Gasteiger partial charge in [0.05, 0.1) is 0 Å². The average Bonchev–Trinajstić information content (AvgIpc) is 2.05. The molecule has 2 heteroatoms. The first kappa shape index (κ1) is 9.20. The minimum atomic E-state index is -0.373. The highest BCUT2D eigenvalue weighted by molar-refractivity contribution is 5.21. The van der Waals surface area contributed by atoms with E-state index in [1.165, 1.54) is 5.56 Å². The van der Waals surface area contributed by atoms with Crippen molar-refractivity contribution in [2.24, 2.45) is 0 Å². The lowest BCUT2D eigenvalue weighted by Crippen LogP contribution is -2.10. The Morgan fingerprint density at radius 1 is 1.08 bits per heavy atom. The molecule has 0 aliphatic heterocycles. The zero-order valence-corrected chi connectivity index (χ0v) is 7.55. The van der Waals surface area contributed by atoms with Gasteiger partial charge in [-0.2, -0.15) is 0 Å². The monoisotopic (exact) mass is 167 g/mol. The van der Waals surface area contributed by atoms with Crippen LogP contribution in [0.1, 0.15) is 11.1 Å². The molecule has 0 spiro atoms. The van der Waals surface area contributed by atoms with Crippen LogP contribution in [-0.2, 0) is 13.2 Å². The van der Waals surface area contributed by atoms with Crippen molar-refractivity contribution in [1.82, 2.24) is 4.90 Å². The Hall–Kier alpha value is -0.890. The predicted octanol–water partition coefficient (Wildman–Crippen LogP) is 2.22. The van der Waals surface area contributed by atoms with E-state index in [1.807, 2.05) is 38.4 Å². The number of halogens is 1. The van der Waals surface area contributed by atoms with Gasteiger partial charge in [0.15, 0.2) is 0 Å². The molecule has 0 saturated carbocycles. The summed E-state index contributed by atoms with van der Waals surface area (Å²) in [5.74, 6) is 0. The molecule has 0 N–H and O–H groups in total. The molecule has 12 heavy (non-hydrogen) atoms. The molecule has 0 bridgehead atoms. The van der Waals surface area contributed by atoms with Crippen LogP contribution in [0.15, 0.2) is 24.3 Å². The van der Waals surface area contributed by atoms with Crippen LogP contribution >= 0.6 is 0 Å². The molecule has 1 aromatic rings. The van der Waals surface area contributed by atoms with E-state index in [1.54, 1.807) is 0 Å². The van der Waals surface area contributed by atoms with Crippen LogP contribution in [0.5, 0.6) is 0 Å². The Morgan fingerprint density at radius 3 is 2.00 bits per heavy atom. The second-order valence-corrected chi connectivity index (χ2v) is 3.19. The third-order valence-electron chi connectivity index (χ3n) is 1.68. The van der Waals surface area contributed by atoms with Crippen LogP contribution in [0.3, 0.4) is 0 Å². The number of benzene rings is 1. The number of rotatable bonds is 3. The lowest BCUT2D eigenvalue weighted by molar-refractivity contribution is 0.402. The van der Waals surface area contributed by atoms with E-state index in [9.17, 15) is 4.39 Å². The van der Waals surface area contributed by atoms with Gasteiger partial charge in [0.1, 0.15) is 6.67 Å². The van der Waals surface area contributed by atoms with Crippen molar-refractivity contribution in [2.45, 2.75) is 13.2 Å². The number of hydrogen-bond acceptors (Lipinski definition) is 1. The van der Waals surface area contributed by atoms with Crippen LogP contribution in [-0.4, -0.2) is 19.0 Å². The van der Waals surface area contributed by atoms with Crippen LogP contribution < -0.4 is 0 Å². The molecule has 66 valence electrons. The molecule has 1 rings (SSSR count). The van der Waals surface area contributed by atoms with Gasteiger partial charge in [0, 0.05) is 6.54 Å². The Balaban J connectivity index is 2.65. The van der Waals surface area contributed by atoms with Crippen LogP contribution in [0.4, 0.5) is 4.39 Å². The Labute approximate surface area is 72.8 Å². The predicted molar refractivity (Wildman–Crippen MR) is 48.6 cm³/mol. The fourth-order valence-electron chi connectivity index (χ4n) is 1.10. The van der Waals surface area contributed by atoms with Crippen molar-refractivity contribution < 1.29 is 4.39 Å². The summed E-state index contributed by atoms with van der Waals surface area (Å²) >= 11 is 0. The van der Waals surface area contributed by atoms with Gasteiger partial charge in [-0.1, -0.05) is 24.3 Å². The van der Waals surface area contributed by atoms with Crippen LogP contribution in [0, 0.1) is 0 Å². The smallest absolute Gasteiger partial charge is 0.115 e. The molecular formula is C10H14FN. The van der Waals surface area contributed by atoms with Crippen LogP contribution in [0.25, 0.3) is 0 Å². The zero-order valence-electron chi connectivity index (χ0n) is 7.55. The third kappa shape index (κ3) is 2.62. The lowest BCUT2D eigenvalue weighted by atomic mass is 10.1. The van der Waals surface area contributed by atoms with Crippen LogP contribution in [0.2, 0.25) is 0 Å². The largest absolute Gasteiger partial charge is 0.305 e. The highest BCUT2D eigenvalue weighted by Crippen LogP contribution is 2.06. The summed E-state index contributed by atoms with van der Waals surface area (Å²) in [5, 5.41) is 0. The maximum Gasteiger partial charge on any atom is 0.115 e. The first-order chi connectivity index (χ1) is 5.72. The maximum atomic E-state index is 12.1. The number of nitrogens with zero attached hydrogens (tertiary/aromatic N) is 1. The molecule has 0 aromatic heterocycles. The first-order valence-corrected chi connectivity index (χ1v) is 4.01. The minimum absolute atomic E-state index is 0.373. The van der Waals surface area contributed by atoms with E-state index in [-0.39, 0.29) is 6.67 Å². The van der Waals surface area contributed by atoms with E-state index in [2.05, 4.69) is 4.90 Å².